The van der Waals surface area contributed by atoms with Crippen molar-refractivity contribution in [2.24, 2.45) is 5.92 Å². The second-order valence-electron chi connectivity index (χ2n) is 6.97. The molecule has 0 radical (unpaired) electrons. The summed E-state index contributed by atoms with van der Waals surface area (Å²) >= 11 is 1.63. The third kappa shape index (κ3) is 3.29. The number of thiophene rings is 1. The van der Waals surface area contributed by atoms with E-state index in [0.717, 1.165) is 40.6 Å². The molecule has 4 rings (SSSR count). The van der Waals surface area contributed by atoms with E-state index in [1.807, 2.05) is 30.3 Å². The van der Waals surface area contributed by atoms with Gasteiger partial charge in [-0.05, 0) is 36.3 Å². The molecule has 1 aromatic carbocycles. The number of carbonyl (C=O) groups excluding carboxylic acids is 1. The van der Waals surface area contributed by atoms with E-state index in [2.05, 4.69) is 17.2 Å². The predicted molar refractivity (Wildman–Crippen MR) is 103 cm³/mol. The molecule has 0 saturated heterocycles. The molecular weight excluding hydrogens is 346 g/mol. The van der Waals surface area contributed by atoms with Crippen molar-refractivity contribution in [3.05, 3.63) is 63.0 Å². The lowest BCUT2D eigenvalue weighted by Crippen LogP contribution is -2.32. The van der Waals surface area contributed by atoms with Crippen LogP contribution in [0.2, 0.25) is 0 Å². The third-order valence-corrected chi connectivity index (χ3v) is 6.09. The average molecular weight is 367 g/mol. The summed E-state index contributed by atoms with van der Waals surface area (Å²) in [4.78, 5) is 31.7. The van der Waals surface area contributed by atoms with E-state index >= 15 is 0 Å². The molecule has 1 atom stereocenters. The van der Waals surface area contributed by atoms with E-state index in [4.69, 9.17) is 0 Å². The summed E-state index contributed by atoms with van der Waals surface area (Å²) in [7, 11) is 0. The second kappa shape index (κ2) is 7.03. The van der Waals surface area contributed by atoms with Crippen LogP contribution >= 0.6 is 11.3 Å². The van der Waals surface area contributed by atoms with Crippen molar-refractivity contribution in [3.8, 4) is 0 Å². The minimum Gasteiger partial charge on any atom is -0.350 e. The van der Waals surface area contributed by atoms with Gasteiger partial charge in [0, 0.05) is 11.4 Å². The van der Waals surface area contributed by atoms with Crippen LogP contribution in [0.25, 0.3) is 10.2 Å². The van der Waals surface area contributed by atoms with Crippen molar-refractivity contribution in [3.63, 3.8) is 0 Å². The van der Waals surface area contributed by atoms with Gasteiger partial charge in [-0.2, -0.15) is 0 Å². The van der Waals surface area contributed by atoms with Gasteiger partial charge in [0.15, 0.2) is 0 Å². The number of fused-ring (bicyclic) bond motifs is 3. The normalized spacial score (nSPS) is 16.4. The van der Waals surface area contributed by atoms with Gasteiger partial charge in [0.25, 0.3) is 5.56 Å². The van der Waals surface area contributed by atoms with Gasteiger partial charge < -0.3 is 5.32 Å². The minimum absolute atomic E-state index is 0.00434. The maximum atomic E-state index is 12.9. The van der Waals surface area contributed by atoms with Crippen molar-refractivity contribution < 1.29 is 4.79 Å². The maximum absolute atomic E-state index is 12.9. The number of hydrogen-bond donors (Lipinski definition) is 1. The fourth-order valence-corrected chi connectivity index (χ4v) is 4.83. The molecule has 0 saturated carbocycles. The Morgan fingerprint density at radius 1 is 1.35 bits per heavy atom. The molecule has 0 bridgehead atoms. The van der Waals surface area contributed by atoms with Gasteiger partial charge in [-0.15, -0.1) is 11.3 Å². The Morgan fingerprint density at radius 2 is 2.15 bits per heavy atom. The summed E-state index contributed by atoms with van der Waals surface area (Å²) in [5.74, 6) is 0.469. The molecule has 6 heteroatoms. The van der Waals surface area contributed by atoms with Gasteiger partial charge in [0.05, 0.1) is 11.7 Å². The molecule has 5 nitrogen and oxygen atoms in total. The highest BCUT2D eigenvalue weighted by atomic mass is 32.1. The van der Waals surface area contributed by atoms with Crippen LogP contribution in [0.15, 0.2) is 41.5 Å². The first-order valence-corrected chi connectivity index (χ1v) is 9.74. The van der Waals surface area contributed by atoms with Crippen LogP contribution in [-0.4, -0.2) is 15.5 Å². The van der Waals surface area contributed by atoms with E-state index in [1.54, 1.807) is 11.3 Å². The first-order valence-electron chi connectivity index (χ1n) is 8.92. The van der Waals surface area contributed by atoms with E-state index < -0.39 is 0 Å². The van der Waals surface area contributed by atoms with Crippen molar-refractivity contribution in [1.82, 2.24) is 14.9 Å². The molecule has 1 aliphatic rings. The zero-order valence-electron chi connectivity index (χ0n) is 14.7. The molecule has 1 amide bonds. The van der Waals surface area contributed by atoms with Crippen molar-refractivity contribution in [2.45, 2.75) is 39.3 Å². The fraction of sp³-hybridized carbons (Fsp3) is 0.350. The largest absolute Gasteiger partial charge is 0.350 e. The molecular formula is C20H21N3O2S. The fourth-order valence-electron chi connectivity index (χ4n) is 3.49. The number of amides is 1. The van der Waals surface area contributed by atoms with Gasteiger partial charge in [-0.3, -0.25) is 14.2 Å². The molecule has 1 aliphatic carbocycles. The Kier molecular flexibility index (Phi) is 4.59. The summed E-state index contributed by atoms with van der Waals surface area (Å²) in [6, 6.07) is 9.72. The zero-order chi connectivity index (χ0) is 18.1. The smallest absolute Gasteiger partial charge is 0.262 e. The van der Waals surface area contributed by atoms with Gasteiger partial charge in [0.2, 0.25) is 5.91 Å². The molecule has 26 heavy (non-hydrogen) atoms. The first kappa shape index (κ1) is 17.0. The number of nitrogens with one attached hydrogen (secondary N) is 1. The van der Waals surface area contributed by atoms with Crippen LogP contribution in [0.5, 0.6) is 0 Å². The highest BCUT2D eigenvalue weighted by Gasteiger charge is 2.23. The van der Waals surface area contributed by atoms with E-state index in [1.165, 1.54) is 15.8 Å². The average Bonchev–Trinajstić information content (AvgIpc) is 3.01. The molecule has 0 spiro atoms. The van der Waals surface area contributed by atoms with E-state index in [0.29, 0.717) is 12.5 Å². The van der Waals surface area contributed by atoms with E-state index in [9.17, 15) is 9.59 Å². The van der Waals surface area contributed by atoms with Crippen LogP contribution in [-0.2, 0) is 30.7 Å². The lowest BCUT2D eigenvalue weighted by atomic mass is 9.89. The number of hydrogen-bond acceptors (Lipinski definition) is 4. The number of nitrogens with zero attached hydrogens (tertiary/aromatic N) is 2. The molecule has 3 aromatic rings. The highest BCUT2D eigenvalue weighted by molar-refractivity contribution is 7.18. The quantitative estimate of drug-likeness (QED) is 0.771. The van der Waals surface area contributed by atoms with Gasteiger partial charge in [-0.25, -0.2) is 4.98 Å². The number of aromatic nitrogens is 2. The Labute approximate surface area is 155 Å². The van der Waals surface area contributed by atoms with Crippen molar-refractivity contribution >= 4 is 27.5 Å². The Bertz CT molecular complexity index is 1010. The SMILES string of the molecule is C[C@H]1CCc2c(sc3ncn(CC(=O)NCc4ccccc4)c(=O)c23)C1. The minimum atomic E-state index is -0.185. The lowest BCUT2D eigenvalue weighted by Gasteiger charge is -2.17. The summed E-state index contributed by atoms with van der Waals surface area (Å²) in [6.07, 6.45) is 4.55. The Hall–Kier alpha value is -2.47. The monoisotopic (exact) mass is 367 g/mol. The summed E-state index contributed by atoms with van der Waals surface area (Å²) in [6.45, 7) is 2.70. The molecule has 134 valence electrons. The van der Waals surface area contributed by atoms with Crippen LogP contribution in [0, 0.1) is 5.92 Å². The molecule has 0 unspecified atom stereocenters. The summed E-state index contributed by atoms with van der Waals surface area (Å²) in [5.41, 5.74) is 2.08. The number of carbonyl (C=O) groups is 1. The maximum Gasteiger partial charge on any atom is 0.262 e. The Balaban J connectivity index is 1.54. The topological polar surface area (TPSA) is 64.0 Å². The molecule has 2 heterocycles. The van der Waals surface area contributed by atoms with Crippen LogP contribution in [0.1, 0.15) is 29.3 Å². The lowest BCUT2D eigenvalue weighted by molar-refractivity contribution is -0.121. The van der Waals surface area contributed by atoms with Gasteiger partial charge in [0.1, 0.15) is 11.4 Å². The van der Waals surface area contributed by atoms with Gasteiger partial charge in [-0.1, -0.05) is 37.3 Å². The van der Waals surface area contributed by atoms with Crippen molar-refractivity contribution in [2.75, 3.05) is 0 Å². The molecule has 0 fully saturated rings. The number of rotatable bonds is 4. The number of aryl methyl sites for hydroxylation is 1. The van der Waals surface area contributed by atoms with Crippen LogP contribution < -0.4 is 10.9 Å². The zero-order valence-corrected chi connectivity index (χ0v) is 15.5. The van der Waals surface area contributed by atoms with Crippen molar-refractivity contribution in [1.29, 1.82) is 0 Å². The predicted octanol–water partition coefficient (Wildman–Crippen LogP) is 2.90. The molecule has 2 aromatic heterocycles. The highest BCUT2D eigenvalue weighted by Crippen LogP contribution is 2.35. The van der Waals surface area contributed by atoms with Crippen LogP contribution in [0.3, 0.4) is 0 Å². The standard InChI is InChI=1S/C20H21N3O2S/c1-13-7-8-15-16(9-13)26-19-18(15)20(25)23(12-22-19)11-17(24)21-10-14-5-3-2-4-6-14/h2-6,12-13H,7-11H2,1H3,(H,21,24)/t13-/m0/s1. The summed E-state index contributed by atoms with van der Waals surface area (Å²) < 4.78 is 1.42. The molecule has 1 N–H and O–H groups in total. The second-order valence-corrected chi connectivity index (χ2v) is 8.06. The van der Waals surface area contributed by atoms with E-state index in [-0.39, 0.29) is 18.0 Å². The number of benzene rings is 1. The van der Waals surface area contributed by atoms with Crippen LogP contribution in [0.4, 0.5) is 0 Å². The summed E-state index contributed by atoms with van der Waals surface area (Å²) in [5, 5.41) is 3.58. The molecule has 0 aliphatic heterocycles. The first-order chi connectivity index (χ1) is 12.6. The Morgan fingerprint density at radius 3 is 2.96 bits per heavy atom. The third-order valence-electron chi connectivity index (χ3n) is 4.93. The van der Waals surface area contributed by atoms with Gasteiger partial charge >= 0.3 is 0 Å².